The highest BCUT2D eigenvalue weighted by Gasteiger charge is 2.10. The molecule has 0 atom stereocenters. The van der Waals surface area contributed by atoms with Crippen molar-refractivity contribution in [3.63, 3.8) is 0 Å². The third-order valence-corrected chi connectivity index (χ3v) is 2.32. The maximum atomic E-state index is 5.89. The largest absolute Gasteiger partial charge is 0.398 e. The molecule has 71 valence electrons. The lowest BCUT2D eigenvalue weighted by Gasteiger charge is -2.14. The minimum absolute atomic E-state index is 0.775. The monoisotopic (exact) mass is 185 g/mol. The van der Waals surface area contributed by atoms with Gasteiger partial charge in [-0.3, -0.25) is 0 Å². The molecule has 0 unspecified atom stereocenters. The Kier molecular flexibility index (Phi) is 2.27. The second-order valence-electron chi connectivity index (χ2n) is 3.30. The summed E-state index contributed by atoms with van der Waals surface area (Å²) in [6, 6.07) is 7.78. The van der Waals surface area contributed by atoms with Gasteiger partial charge < -0.3 is 11.5 Å². The van der Waals surface area contributed by atoms with E-state index in [1.165, 1.54) is 0 Å². The molecule has 1 aromatic rings. The Balaban J connectivity index is 2.49. The number of anilines is 1. The van der Waals surface area contributed by atoms with Gasteiger partial charge in [0, 0.05) is 16.9 Å². The van der Waals surface area contributed by atoms with E-state index in [1.54, 1.807) is 0 Å². The minimum atomic E-state index is 0.775. The van der Waals surface area contributed by atoms with E-state index in [9.17, 15) is 0 Å². The van der Waals surface area contributed by atoms with Gasteiger partial charge in [0.1, 0.15) is 0 Å². The van der Waals surface area contributed by atoms with Gasteiger partial charge in [0.2, 0.25) is 0 Å². The second kappa shape index (κ2) is 3.58. The Bertz CT molecular complexity index is 403. The molecule has 2 rings (SSSR count). The summed E-state index contributed by atoms with van der Waals surface area (Å²) in [5.41, 5.74) is 15.4. The van der Waals surface area contributed by atoms with Gasteiger partial charge in [-0.2, -0.15) is 0 Å². The predicted molar refractivity (Wildman–Crippen MR) is 60.0 cm³/mol. The smallest absolute Gasteiger partial charge is 0.0391 e. The van der Waals surface area contributed by atoms with Crippen LogP contribution in [0.5, 0.6) is 0 Å². The minimum Gasteiger partial charge on any atom is -0.398 e. The Labute approximate surface area is 83.9 Å². The van der Waals surface area contributed by atoms with Gasteiger partial charge in [-0.05, 0) is 30.6 Å². The highest BCUT2D eigenvalue weighted by atomic mass is 14.6. The molecule has 0 aliphatic heterocycles. The summed E-state index contributed by atoms with van der Waals surface area (Å²) in [5.74, 6) is 0. The lowest BCUT2D eigenvalue weighted by molar-refractivity contribution is 1.22. The molecule has 1 aliphatic carbocycles. The summed E-state index contributed by atoms with van der Waals surface area (Å²) < 4.78 is 0. The van der Waals surface area contributed by atoms with Gasteiger partial charge >= 0.3 is 0 Å². The predicted octanol–water partition coefficient (Wildman–Crippen LogP) is 2.10. The average Bonchev–Trinajstić information content (AvgIpc) is 2.20. The molecule has 4 N–H and O–H groups in total. The van der Waals surface area contributed by atoms with Gasteiger partial charge in [0.05, 0.1) is 0 Å². The van der Waals surface area contributed by atoms with Crippen molar-refractivity contribution in [3.8, 4) is 0 Å². The lowest BCUT2D eigenvalue weighted by Crippen LogP contribution is -2.05. The quantitative estimate of drug-likeness (QED) is 0.658. The molecule has 0 heterocycles. The summed E-state index contributed by atoms with van der Waals surface area (Å²) in [7, 11) is 0. The highest BCUT2D eigenvalue weighted by molar-refractivity contribution is 5.83. The molecule has 1 radical (unpaired) electrons. The van der Waals surface area contributed by atoms with Gasteiger partial charge in [-0.25, -0.2) is 0 Å². The first kappa shape index (κ1) is 8.88. The van der Waals surface area contributed by atoms with Crippen molar-refractivity contribution >= 4 is 11.3 Å². The number of para-hydroxylation sites is 1. The van der Waals surface area contributed by atoms with Crippen molar-refractivity contribution in [3.05, 3.63) is 54.1 Å². The van der Waals surface area contributed by atoms with Gasteiger partial charge in [0.25, 0.3) is 0 Å². The fourth-order valence-electron chi connectivity index (χ4n) is 1.60. The molecule has 0 bridgehead atoms. The van der Waals surface area contributed by atoms with Crippen molar-refractivity contribution in [2.45, 2.75) is 6.42 Å². The molecule has 0 aromatic heterocycles. The Morgan fingerprint density at radius 2 is 1.86 bits per heavy atom. The molecule has 0 saturated carbocycles. The second-order valence-corrected chi connectivity index (χ2v) is 3.30. The maximum absolute atomic E-state index is 5.89. The first-order chi connectivity index (χ1) is 6.79. The Morgan fingerprint density at radius 1 is 1.07 bits per heavy atom. The van der Waals surface area contributed by atoms with Crippen molar-refractivity contribution in [2.24, 2.45) is 5.73 Å². The Morgan fingerprint density at radius 3 is 2.57 bits per heavy atom. The number of rotatable bonds is 1. The van der Waals surface area contributed by atoms with Crippen LogP contribution in [0.4, 0.5) is 5.69 Å². The first-order valence-electron chi connectivity index (χ1n) is 4.63. The highest BCUT2D eigenvalue weighted by Crippen LogP contribution is 2.28. The third kappa shape index (κ3) is 1.51. The molecule has 0 amide bonds. The van der Waals surface area contributed by atoms with E-state index in [-0.39, 0.29) is 0 Å². The van der Waals surface area contributed by atoms with Crippen LogP contribution in [0.2, 0.25) is 0 Å². The van der Waals surface area contributed by atoms with Crippen molar-refractivity contribution in [1.29, 1.82) is 0 Å². The number of nitrogen functional groups attached to an aromatic ring is 1. The standard InChI is InChI=1S/C12H13N2/c13-11-7-3-1-5-9(11)10-6-2-4-8-12(10)14/h1,3-8H,2,13-14H2. The molecular weight excluding hydrogens is 172 g/mol. The number of hydrogen-bond donors (Lipinski definition) is 2. The van der Waals surface area contributed by atoms with E-state index in [0.29, 0.717) is 0 Å². The van der Waals surface area contributed by atoms with E-state index in [1.807, 2.05) is 36.4 Å². The average molecular weight is 185 g/mol. The normalized spacial score (nSPS) is 16.0. The van der Waals surface area contributed by atoms with E-state index >= 15 is 0 Å². The van der Waals surface area contributed by atoms with E-state index in [4.69, 9.17) is 11.5 Å². The fraction of sp³-hybridized carbons (Fsp3) is 0.0833. The zero-order valence-electron chi connectivity index (χ0n) is 7.90. The van der Waals surface area contributed by atoms with E-state index in [2.05, 4.69) is 6.42 Å². The van der Waals surface area contributed by atoms with E-state index in [0.717, 1.165) is 28.9 Å². The number of hydrogen-bond acceptors (Lipinski definition) is 2. The van der Waals surface area contributed by atoms with Crippen LogP contribution in [0.3, 0.4) is 0 Å². The zero-order valence-corrected chi connectivity index (χ0v) is 7.90. The maximum Gasteiger partial charge on any atom is 0.0391 e. The molecule has 2 nitrogen and oxygen atoms in total. The summed E-state index contributed by atoms with van der Waals surface area (Å²) in [6.45, 7) is 0. The number of benzene rings is 1. The van der Waals surface area contributed by atoms with Crippen molar-refractivity contribution in [1.82, 2.24) is 0 Å². The van der Waals surface area contributed by atoms with Crippen LogP contribution < -0.4 is 11.5 Å². The lowest BCUT2D eigenvalue weighted by atomic mass is 9.94. The van der Waals surface area contributed by atoms with E-state index < -0.39 is 0 Å². The van der Waals surface area contributed by atoms with Crippen LogP contribution in [-0.4, -0.2) is 0 Å². The summed E-state index contributed by atoms with van der Waals surface area (Å²) >= 11 is 0. The molecule has 1 aromatic carbocycles. The Hall–Kier alpha value is -1.70. The van der Waals surface area contributed by atoms with Crippen molar-refractivity contribution < 1.29 is 0 Å². The van der Waals surface area contributed by atoms with Gasteiger partial charge in [0.15, 0.2) is 0 Å². The summed E-state index contributed by atoms with van der Waals surface area (Å²) in [5, 5.41) is 0. The zero-order chi connectivity index (χ0) is 9.97. The van der Waals surface area contributed by atoms with Crippen LogP contribution in [-0.2, 0) is 0 Å². The van der Waals surface area contributed by atoms with Crippen LogP contribution in [0.25, 0.3) is 5.57 Å². The molecular formula is C12H13N2. The third-order valence-electron chi connectivity index (χ3n) is 2.32. The molecule has 0 fully saturated rings. The summed E-state index contributed by atoms with van der Waals surface area (Å²) in [4.78, 5) is 0. The van der Waals surface area contributed by atoms with Crippen molar-refractivity contribution in [2.75, 3.05) is 5.73 Å². The molecule has 1 aliphatic rings. The summed E-state index contributed by atoms with van der Waals surface area (Å²) in [6.07, 6.45) is 6.99. The van der Waals surface area contributed by atoms with Crippen LogP contribution in [0.1, 0.15) is 12.0 Å². The van der Waals surface area contributed by atoms with Crippen LogP contribution in [0, 0.1) is 6.42 Å². The molecule has 0 spiro atoms. The number of nitrogens with two attached hydrogens (primary N) is 2. The first-order valence-corrected chi connectivity index (χ1v) is 4.63. The SMILES string of the molecule is NC1=C(c2ccccc2N)[CH]CC=C1. The fourth-order valence-corrected chi connectivity index (χ4v) is 1.60. The number of allylic oxidation sites excluding steroid dienone is 3. The van der Waals surface area contributed by atoms with Gasteiger partial charge in [-0.1, -0.05) is 24.3 Å². The molecule has 2 heteroatoms. The van der Waals surface area contributed by atoms with Gasteiger partial charge in [-0.15, -0.1) is 0 Å². The molecule has 0 saturated heterocycles. The van der Waals surface area contributed by atoms with Crippen LogP contribution in [0.15, 0.2) is 42.1 Å². The topological polar surface area (TPSA) is 52.0 Å². The molecule has 14 heavy (non-hydrogen) atoms. The van der Waals surface area contributed by atoms with Crippen LogP contribution >= 0.6 is 0 Å².